The van der Waals surface area contributed by atoms with E-state index in [2.05, 4.69) is 5.32 Å². The molecule has 0 spiro atoms. The quantitative estimate of drug-likeness (QED) is 0.878. The lowest BCUT2D eigenvalue weighted by Crippen LogP contribution is -2.44. The van der Waals surface area contributed by atoms with Crippen LogP contribution >= 0.6 is 0 Å². The highest BCUT2D eigenvalue weighted by molar-refractivity contribution is 5.91. The molecule has 1 aromatic rings. The summed E-state index contributed by atoms with van der Waals surface area (Å²) in [5.41, 5.74) is 1.31. The highest BCUT2D eigenvalue weighted by Crippen LogP contribution is 2.17. The molecular weight excluding hydrogens is 289 g/mol. The van der Waals surface area contributed by atoms with Gasteiger partial charge in [-0.05, 0) is 24.1 Å². The van der Waals surface area contributed by atoms with Crippen LogP contribution in [0, 0.1) is 0 Å². The van der Waals surface area contributed by atoms with Crippen LogP contribution in [0.5, 0.6) is 0 Å². The molecule has 0 aliphatic heterocycles. The number of carbonyl (C=O) groups is 2. The molecule has 0 radical (unpaired) electrons. The maximum absolute atomic E-state index is 12.3. The molecule has 0 saturated carbocycles. The summed E-state index contributed by atoms with van der Waals surface area (Å²) in [5, 5.41) is 10.8. The second kappa shape index (κ2) is 6.96. The molecule has 0 fully saturated rings. The SMILES string of the molecule is CCc1ccc(NC(=O)N(CC(=O)O)CC(F)(F)F)cc1. The van der Waals surface area contributed by atoms with Crippen molar-refractivity contribution in [2.45, 2.75) is 19.5 Å². The van der Waals surface area contributed by atoms with E-state index in [-0.39, 0.29) is 4.90 Å². The lowest BCUT2D eigenvalue weighted by atomic mass is 10.1. The number of aryl methyl sites for hydroxylation is 1. The van der Waals surface area contributed by atoms with Gasteiger partial charge in [-0.15, -0.1) is 0 Å². The van der Waals surface area contributed by atoms with Gasteiger partial charge in [0, 0.05) is 5.69 Å². The maximum atomic E-state index is 12.3. The molecule has 2 amide bonds. The lowest BCUT2D eigenvalue weighted by molar-refractivity contribution is -0.148. The summed E-state index contributed by atoms with van der Waals surface area (Å²) in [5.74, 6) is -1.52. The van der Waals surface area contributed by atoms with Crippen molar-refractivity contribution in [2.24, 2.45) is 0 Å². The smallest absolute Gasteiger partial charge is 0.406 e. The van der Waals surface area contributed by atoms with E-state index < -0.39 is 31.3 Å². The van der Waals surface area contributed by atoms with Crippen molar-refractivity contribution >= 4 is 17.7 Å². The van der Waals surface area contributed by atoms with Crippen LogP contribution in [-0.2, 0) is 11.2 Å². The Labute approximate surface area is 119 Å². The van der Waals surface area contributed by atoms with Crippen LogP contribution < -0.4 is 5.32 Å². The minimum absolute atomic E-state index is 0.191. The summed E-state index contributed by atoms with van der Waals surface area (Å²) in [6, 6.07) is 5.42. The fourth-order valence-electron chi connectivity index (χ4n) is 1.61. The number of anilines is 1. The molecule has 1 rings (SSSR count). The molecule has 0 aliphatic rings. The van der Waals surface area contributed by atoms with Crippen LogP contribution in [0.3, 0.4) is 0 Å². The normalized spacial score (nSPS) is 11.0. The Balaban J connectivity index is 2.76. The molecule has 2 N–H and O–H groups in total. The number of amides is 2. The molecule has 1 aromatic carbocycles. The largest absolute Gasteiger partial charge is 0.480 e. The number of benzene rings is 1. The highest BCUT2D eigenvalue weighted by Gasteiger charge is 2.34. The summed E-state index contributed by atoms with van der Waals surface area (Å²) in [7, 11) is 0. The molecule has 0 aromatic heterocycles. The minimum atomic E-state index is -4.67. The van der Waals surface area contributed by atoms with E-state index in [0.29, 0.717) is 5.69 Å². The Morgan fingerprint density at radius 1 is 1.24 bits per heavy atom. The van der Waals surface area contributed by atoms with E-state index in [0.717, 1.165) is 12.0 Å². The highest BCUT2D eigenvalue weighted by atomic mass is 19.4. The van der Waals surface area contributed by atoms with Gasteiger partial charge >= 0.3 is 18.2 Å². The average Bonchev–Trinajstić information content (AvgIpc) is 2.36. The van der Waals surface area contributed by atoms with Gasteiger partial charge in [0.1, 0.15) is 13.1 Å². The number of hydrogen-bond donors (Lipinski definition) is 2. The topological polar surface area (TPSA) is 69.6 Å². The first-order valence-electron chi connectivity index (χ1n) is 6.14. The number of halogens is 3. The van der Waals surface area contributed by atoms with Crippen molar-refractivity contribution in [1.29, 1.82) is 0 Å². The van der Waals surface area contributed by atoms with E-state index in [1.807, 2.05) is 6.92 Å². The van der Waals surface area contributed by atoms with Crippen LogP contribution in [0.15, 0.2) is 24.3 Å². The second-order valence-corrected chi connectivity index (χ2v) is 4.35. The van der Waals surface area contributed by atoms with Crippen molar-refractivity contribution in [3.05, 3.63) is 29.8 Å². The van der Waals surface area contributed by atoms with Gasteiger partial charge in [0.25, 0.3) is 0 Å². The fourth-order valence-corrected chi connectivity index (χ4v) is 1.61. The first-order chi connectivity index (χ1) is 9.71. The number of aliphatic carboxylic acids is 1. The van der Waals surface area contributed by atoms with Gasteiger partial charge < -0.3 is 15.3 Å². The molecule has 116 valence electrons. The number of urea groups is 1. The third kappa shape index (κ3) is 6.15. The molecule has 0 unspecified atom stereocenters. The van der Waals surface area contributed by atoms with Crippen molar-refractivity contribution in [2.75, 3.05) is 18.4 Å². The number of carbonyl (C=O) groups excluding carboxylic acids is 1. The van der Waals surface area contributed by atoms with E-state index in [4.69, 9.17) is 5.11 Å². The number of carboxylic acid groups (broad SMARTS) is 1. The number of rotatable bonds is 5. The first kappa shape index (κ1) is 16.8. The van der Waals surface area contributed by atoms with Crippen LogP contribution in [0.4, 0.5) is 23.7 Å². The summed E-state index contributed by atoms with van der Waals surface area (Å²) in [6.07, 6.45) is -3.88. The first-order valence-corrected chi connectivity index (χ1v) is 6.14. The van der Waals surface area contributed by atoms with Crippen LogP contribution in [0.1, 0.15) is 12.5 Å². The second-order valence-electron chi connectivity index (χ2n) is 4.35. The molecule has 21 heavy (non-hydrogen) atoms. The molecule has 0 aliphatic carbocycles. The number of nitrogens with one attached hydrogen (secondary N) is 1. The number of carboxylic acids is 1. The van der Waals surface area contributed by atoms with Crippen molar-refractivity contribution in [1.82, 2.24) is 4.90 Å². The fraction of sp³-hybridized carbons (Fsp3) is 0.385. The predicted octanol–water partition coefficient (Wildman–Crippen LogP) is 2.73. The van der Waals surface area contributed by atoms with Crippen LogP contribution in [0.25, 0.3) is 0 Å². The van der Waals surface area contributed by atoms with Crippen LogP contribution in [0.2, 0.25) is 0 Å². The molecule has 0 heterocycles. The summed E-state index contributed by atoms with van der Waals surface area (Å²) < 4.78 is 37.0. The average molecular weight is 304 g/mol. The summed E-state index contributed by atoms with van der Waals surface area (Å²) in [4.78, 5) is 22.5. The van der Waals surface area contributed by atoms with Crippen molar-refractivity contribution < 1.29 is 27.9 Å². The number of hydrogen-bond acceptors (Lipinski definition) is 2. The number of nitrogens with zero attached hydrogens (tertiary/aromatic N) is 1. The number of alkyl halides is 3. The zero-order chi connectivity index (χ0) is 16.0. The Kier molecular flexibility index (Phi) is 5.57. The molecule has 5 nitrogen and oxygen atoms in total. The van der Waals surface area contributed by atoms with Gasteiger partial charge in [-0.25, -0.2) is 4.79 Å². The van der Waals surface area contributed by atoms with Crippen molar-refractivity contribution in [3.63, 3.8) is 0 Å². The Morgan fingerprint density at radius 3 is 2.24 bits per heavy atom. The molecule has 0 saturated heterocycles. The standard InChI is InChI=1S/C13H15F3N2O3/c1-2-9-3-5-10(6-4-9)17-12(21)18(7-11(19)20)8-13(14,15)16/h3-6H,2,7-8H2,1H3,(H,17,21)(H,19,20). The molecular formula is C13H15F3N2O3. The third-order valence-corrected chi connectivity index (χ3v) is 2.60. The van der Waals surface area contributed by atoms with Gasteiger partial charge in [-0.3, -0.25) is 4.79 Å². The van der Waals surface area contributed by atoms with E-state index in [1.165, 1.54) is 0 Å². The van der Waals surface area contributed by atoms with Gasteiger partial charge in [0.2, 0.25) is 0 Å². The zero-order valence-electron chi connectivity index (χ0n) is 11.3. The third-order valence-electron chi connectivity index (χ3n) is 2.60. The molecule has 0 bridgehead atoms. The summed E-state index contributed by atoms with van der Waals surface area (Å²) in [6.45, 7) is -0.720. The van der Waals surface area contributed by atoms with Gasteiger partial charge in [-0.1, -0.05) is 19.1 Å². The Hall–Kier alpha value is -2.25. The monoisotopic (exact) mass is 304 g/mol. The zero-order valence-corrected chi connectivity index (χ0v) is 11.3. The van der Waals surface area contributed by atoms with E-state index in [1.54, 1.807) is 24.3 Å². The maximum Gasteiger partial charge on any atom is 0.406 e. The predicted molar refractivity (Wildman–Crippen MR) is 70.1 cm³/mol. The summed E-state index contributed by atoms with van der Waals surface area (Å²) >= 11 is 0. The lowest BCUT2D eigenvalue weighted by Gasteiger charge is -2.22. The molecule has 0 atom stereocenters. The van der Waals surface area contributed by atoms with Crippen LogP contribution in [-0.4, -0.2) is 41.3 Å². The van der Waals surface area contributed by atoms with Crippen molar-refractivity contribution in [3.8, 4) is 0 Å². The minimum Gasteiger partial charge on any atom is -0.480 e. The van der Waals surface area contributed by atoms with E-state index in [9.17, 15) is 22.8 Å². The van der Waals surface area contributed by atoms with Gasteiger partial charge in [-0.2, -0.15) is 13.2 Å². The van der Waals surface area contributed by atoms with Gasteiger partial charge in [0.05, 0.1) is 0 Å². The Bertz CT molecular complexity index is 500. The van der Waals surface area contributed by atoms with Gasteiger partial charge in [0.15, 0.2) is 0 Å². The molecule has 8 heteroatoms. The van der Waals surface area contributed by atoms with E-state index >= 15 is 0 Å². The Morgan fingerprint density at radius 2 is 1.81 bits per heavy atom.